The molecule has 0 saturated heterocycles. The molecule has 0 bridgehead atoms. The zero-order valence-electron chi connectivity index (χ0n) is 7.93. The lowest BCUT2D eigenvalue weighted by Gasteiger charge is -2.08. The Labute approximate surface area is 96.3 Å². The molecule has 0 N–H and O–H groups in total. The van der Waals surface area contributed by atoms with Crippen LogP contribution in [0.4, 0.5) is 0 Å². The highest BCUT2D eigenvalue weighted by molar-refractivity contribution is 9.09. The molecule has 0 heterocycles. The number of ketones is 1. The third-order valence-electron chi connectivity index (χ3n) is 1.92. The number of carbonyl (C=O) groups excluding carboxylic acids is 1. The summed E-state index contributed by atoms with van der Waals surface area (Å²) in [7, 11) is 1.55. The van der Waals surface area contributed by atoms with Gasteiger partial charge in [-0.15, -0.1) is 0 Å². The van der Waals surface area contributed by atoms with Crippen LogP contribution in [-0.4, -0.2) is 18.2 Å². The Morgan fingerprint density at radius 1 is 1.57 bits per heavy atom. The molecule has 0 amide bonds. The summed E-state index contributed by atoms with van der Waals surface area (Å²) < 4.78 is 5.04. The van der Waals surface area contributed by atoms with Crippen LogP contribution in [0.15, 0.2) is 12.1 Å². The number of rotatable bonds is 3. The number of aryl methyl sites for hydroxylation is 1. The third-order valence-corrected chi connectivity index (χ3v) is 2.73. The van der Waals surface area contributed by atoms with Crippen LogP contribution in [0, 0.1) is 6.92 Å². The standard InChI is InChI=1S/C10H10BrClO2/c1-6-3-10(14-2)8(12)4-7(6)9(13)5-11/h3-4H,5H2,1-2H3. The zero-order chi connectivity index (χ0) is 10.7. The van der Waals surface area contributed by atoms with Crippen molar-refractivity contribution in [2.75, 3.05) is 12.4 Å². The molecule has 0 aliphatic carbocycles. The zero-order valence-corrected chi connectivity index (χ0v) is 10.3. The number of Topliss-reactive ketones (excluding diaryl/α,β-unsaturated/α-hetero) is 1. The minimum Gasteiger partial charge on any atom is -0.495 e. The SMILES string of the molecule is COc1cc(C)c(C(=O)CBr)cc1Cl. The van der Waals surface area contributed by atoms with Crippen LogP contribution < -0.4 is 4.74 Å². The summed E-state index contributed by atoms with van der Waals surface area (Å²) in [6, 6.07) is 3.40. The van der Waals surface area contributed by atoms with Crippen LogP contribution >= 0.6 is 27.5 Å². The summed E-state index contributed by atoms with van der Waals surface area (Å²) in [4.78, 5) is 11.4. The fourth-order valence-electron chi connectivity index (χ4n) is 1.18. The van der Waals surface area contributed by atoms with Gasteiger partial charge in [-0.2, -0.15) is 0 Å². The van der Waals surface area contributed by atoms with Gasteiger partial charge >= 0.3 is 0 Å². The first kappa shape index (κ1) is 11.5. The fraction of sp³-hybridized carbons (Fsp3) is 0.300. The lowest BCUT2D eigenvalue weighted by Crippen LogP contribution is -2.03. The van der Waals surface area contributed by atoms with E-state index in [4.69, 9.17) is 16.3 Å². The molecule has 1 rings (SSSR count). The molecule has 1 aromatic rings. The number of hydrogen-bond donors (Lipinski definition) is 0. The Balaban J connectivity index is 3.21. The van der Waals surface area contributed by atoms with E-state index in [9.17, 15) is 4.79 Å². The van der Waals surface area contributed by atoms with E-state index in [2.05, 4.69) is 15.9 Å². The van der Waals surface area contributed by atoms with E-state index in [0.717, 1.165) is 5.56 Å². The third kappa shape index (κ3) is 2.28. The minimum atomic E-state index is 0.0204. The monoisotopic (exact) mass is 276 g/mol. The van der Waals surface area contributed by atoms with Crippen molar-refractivity contribution in [1.82, 2.24) is 0 Å². The molecular weight excluding hydrogens is 267 g/mol. The quantitative estimate of drug-likeness (QED) is 0.626. The van der Waals surface area contributed by atoms with Crippen molar-refractivity contribution < 1.29 is 9.53 Å². The number of carbonyl (C=O) groups is 1. The molecule has 76 valence electrons. The van der Waals surface area contributed by atoms with E-state index < -0.39 is 0 Å². The smallest absolute Gasteiger partial charge is 0.173 e. The van der Waals surface area contributed by atoms with Crippen molar-refractivity contribution in [3.63, 3.8) is 0 Å². The van der Waals surface area contributed by atoms with Crippen LogP contribution in [0.5, 0.6) is 5.75 Å². The number of alkyl halides is 1. The highest BCUT2D eigenvalue weighted by Crippen LogP contribution is 2.28. The Hall–Kier alpha value is -0.540. The lowest BCUT2D eigenvalue weighted by molar-refractivity contribution is 0.102. The predicted octanol–water partition coefficient (Wildman–Crippen LogP) is 3.23. The van der Waals surface area contributed by atoms with Crippen molar-refractivity contribution in [2.45, 2.75) is 6.92 Å². The summed E-state index contributed by atoms with van der Waals surface area (Å²) in [6.45, 7) is 1.86. The van der Waals surface area contributed by atoms with Gasteiger partial charge in [0.05, 0.1) is 17.5 Å². The number of methoxy groups -OCH3 is 1. The Kier molecular flexibility index (Phi) is 3.96. The van der Waals surface area contributed by atoms with Gasteiger partial charge in [-0.25, -0.2) is 0 Å². The average Bonchev–Trinajstić information content (AvgIpc) is 2.19. The van der Waals surface area contributed by atoms with Gasteiger partial charge in [-0.05, 0) is 24.6 Å². The maximum absolute atomic E-state index is 11.4. The Morgan fingerprint density at radius 2 is 2.21 bits per heavy atom. The first-order valence-electron chi connectivity index (χ1n) is 4.03. The second-order valence-corrected chi connectivity index (χ2v) is 3.83. The summed E-state index contributed by atoms with van der Waals surface area (Å²) in [5.74, 6) is 0.613. The van der Waals surface area contributed by atoms with Crippen molar-refractivity contribution in [1.29, 1.82) is 0 Å². The second kappa shape index (κ2) is 4.80. The maximum atomic E-state index is 11.4. The Bertz CT molecular complexity index is 363. The van der Waals surface area contributed by atoms with Crippen molar-refractivity contribution in [3.05, 3.63) is 28.3 Å². The Morgan fingerprint density at radius 3 is 2.71 bits per heavy atom. The van der Waals surface area contributed by atoms with Crippen LogP contribution in [0.3, 0.4) is 0 Å². The molecule has 4 heteroatoms. The number of ether oxygens (including phenoxy) is 1. The van der Waals surface area contributed by atoms with E-state index >= 15 is 0 Å². The summed E-state index contributed by atoms with van der Waals surface area (Å²) in [5, 5.41) is 0.763. The largest absolute Gasteiger partial charge is 0.495 e. The molecule has 0 radical (unpaired) electrons. The predicted molar refractivity (Wildman–Crippen MR) is 60.9 cm³/mol. The van der Waals surface area contributed by atoms with Gasteiger partial charge in [0.25, 0.3) is 0 Å². The molecule has 0 unspecified atom stereocenters. The van der Waals surface area contributed by atoms with E-state index in [1.807, 2.05) is 6.92 Å². The molecule has 0 fully saturated rings. The van der Waals surface area contributed by atoms with Gasteiger partial charge in [0, 0.05) is 5.56 Å². The van der Waals surface area contributed by atoms with E-state index in [-0.39, 0.29) is 5.78 Å². The van der Waals surface area contributed by atoms with Gasteiger partial charge in [0.2, 0.25) is 0 Å². The summed E-state index contributed by atoms with van der Waals surface area (Å²) in [5.41, 5.74) is 1.50. The molecule has 0 aliphatic rings. The van der Waals surface area contributed by atoms with Gasteiger partial charge < -0.3 is 4.74 Å². The highest BCUT2D eigenvalue weighted by atomic mass is 79.9. The number of hydrogen-bond acceptors (Lipinski definition) is 2. The molecular formula is C10H10BrClO2. The van der Waals surface area contributed by atoms with Crippen molar-refractivity contribution >= 4 is 33.3 Å². The van der Waals surface area contributed by atoms with Crippen LogP contribution in [0.25, 0.3) is 0 Å². The van der Waals surface area contributed by atoms with Crippen molar-refractivity contribution in [3.8, 4) is 5.75 Å². The molecule has 0 spiro atoms. The second-order valence-electron chi connectivity index (χ2n) is 2.86. The maximum Gasteiger partial charge on any atom is 0.173 e. The van der Waals surface area contributed by atoms with E-state index in [0.29, 0.717) is 21.7 Å². The van der Waals surface area contributed by atoms with Gasteiger partial charge in [0.15, 0.2) is 5.78 Å². The first-order valence-corrected chi connectivity index (χ1v) is 5.53. The minimum absolute atomic E-state index is 0.0204. The molecule has 2 nitrogen and oxygen atoms in total. The van der Waals surface area contributed by atoms with Crippen LogP contribution in [0.2, 0.25) is 5.02 Å². The molecule has 0 aliphatic heterocycles. The van der Waals surface area contributed by atoms with E-state index in [1.165, 1.54) is 0 Å². The van der Waals surface area contributed by atoms with Crippen molar-refractivity contribution in [2.24, 2.45) is 0 Å². The van der Waals surface area contributed by atoms with E-state index in [1.54, 1.807) is 19.2 Å². The normalized spacial score (nSPS) is 10.0. The summed E-state index contributed by atoms with van der Waals surface area (Å²) >= 11 is 9.03. The fourth-order valence-corrected chi connectivity index (χ4v) is 1.73. The van der Waals surface area contributed by atoms with Crippen LogP contribution in [-0.2, 0) is 0 Å². The number of benzene rings is 1. The van der Waals surface area contributed by atoms with Gasteiger partial charge in [0.1, 0.15) is 5.75 Å². The van der Waals surface area contributed by atoms with Gasteiger partial charge in [-0.1, -0.05) is 27.5 Å². The average molecular weight is 278 g/mol. The topological polar surface area (TPSA) is 26.3 Å². The van der Waals surface area contributed by atoms with Gasteiger partial charge in [-0.3, -0.25) is 4.79 Å². The number of halogens is 2. The molecule has 0 aromatic heterocycles. The van der Waals surface area contributed by atoms with Crippen LogP contribution in [0.1, 0.15) is 15.9 Å². The lowest BCUT2D eigenvalue weighted by atomic mass is 10.1. The molecule has 0 saturated carbocycles. The summed E-state index contributed by atoms with van der Waals surface area (Å²) in [6.07, 6.45) is 0. The molecule has 14 heavy (non-hydrogen) atoms. The molecule has 1 aromatic carbocycles. The first-order chi connectivity index (χ1) is 6.60. The highest BCUT2D eigenvalue weighted by Gasteiger charge is 2.11. The molecule has 0 atom stereocenters.